The van der Waals surface area contributed by atoms with E-state index < -0.39 is 11.2 Å². The maximum absolute atomic E-state index is 6.34. The number of rotatable bonds is 4. The molecule has 4 heteroatoms. The van der Waals surface area contributed by atoms with E-state index in [4.69, 9.17) is 26.1 Å². The van der Waals surface area contributed by atoms with Crippen molar-refractivity contribution >= 4 is 23.5 Å². The van der Waals surface area contributed by atoms with E-state index >= 15 is 0 Å². The summed E-state index contributed by atoms with van der Waals surface area (Å²) < 4.78 is 12.3. The van der Waals surface area contributed by atoms with Crippen LogP contribution < -0.4 is 0 Å². The molecule has 0 bridgehead atoms. The number of halogens is 1. The molecule has 0 unspecified atom stereocenters. The Morgan fingerprint density at radius 3 is 1.85 bits per heavy atom. The van der Waals surface area contributed by atoms with E-state index in [1.807, 2.05) is 60.8 Å². The van der Waals surface area contributed by atoms with Gasteiger partial charge in [0, 0.05) is 31.0 Å². The molecule has 0 amide bonds. The van der Waals surface area contributed by atoms with Crippen LogP contribution in [0.5, 0.6) is 0 Å². The topological polar surface area (TPSA) is 30.8 Å². The molecular weight excluding hydrogens is 358 g/mol. The number of aliphatic imine (C=N–C) groups is 1. The summed E-state index contributed by atoms with van der Waals surface area (Å²) in [4.78, 5) is 4.79. The van der Waals surface area contributed by atoms with Crippen molar-refractivity contribution in [1.29, 1.82) is 0 Å². The highest BCUT2D eigenvalue weighted by atomic mass is 35.5. The largest absolute Gasteiger partial charge is 0.348 e. The third-order valence-electron chi connectivity index (χ3n) is 5.26. The molecule has 27 heavy (non-hydrogen) atoms. The van der Waals surface area contributed by atoms with Gasteiger partial charge in [0.05, 0.1) is 5.69 Å². The van der Waals surface area contributed by atoms with Gasteiger partial charge in [-0.3, -0.25) is 4.99 Å². The molecule has 3 aromatic carbocycles. The van der Waals surface area contributed by atoms with E-state index in [1.165, 1.54) is 0 Å². The Hall–Kier alpha value is -2.46. The van der Waals surface area contributed by atoms with Gasteiger partial charge in [-0.25, -0.2) is 0 Å². The molecule has 1 heterocycles. The number of methoxy groups -OCH3 is 2. The molecule has 4 rings (SSSR count). The minimum Gasteiger partial charge on any atom is -0.348 e. The quantitative estimate of drug-likeness (QED) is 0.563. The van der Waals surface area contributed by atoms with E-state index in [-0.39, 0.29) is 0 Å². The Morgan fingerprint density at radius 1 is 0.778 bits per heavy atom. The van der Waals surface area contributed by atoms with Crippen molar-refractivity contribution in [2.24, 2.45) is 4.99 Å². The van der Waals surface area contributed by atoms with Gasteiger partial charge in [-0.05, 0) is 29.3 Å². The van der Waals surface area contributed by atoms with Gasteiger partial charge >= 0.3 is 0 Å². The van der Waals surface area contributed by atoms with E-state index in [2.05, 4.69) is 24.3 Å². The Morgan fingerprint density at radius 2 is 1.33 bits per heavy atom. The number of benzene rings is 3. The van der Waals surface area contributed by atoms with Crippen molar-refractivity contribution < 1.29 is 9.47 Å². The fraction of sp³-hybridized carbons (Fsp3) is 0.174. The zero-order valence-corrected chi connectivity index (χ0v) is 16.0. The maximum Gasteiger partial charge on any atom is 0.215 e. The van der Waals surface area contributed by atoms with E-state index in [9.17, 15) is 0 Å². The van der Waals surface area contributed by atoms with Crippen molar-refractivity contribution in [3.05, 3.63) is 101 Å². The van der Waals surface area contributed by atoms with Crippen LogP contribution in [-0.4, -0.2) is 20.4 Å². The maximum atomic E-state index is 6.34. The predicted molar refractivity (Wildman–Crippen MR) is 109 cm³/mol. The molecule has 3 nitrogen and oxygen atoms in total. The van der Waals surface area contributed by atoms with E-state index in [1.54, 1.807) is 14.2 Å². The molecule has 1 aliphatic heterocycles. The first kappa shape index (κ1) is 17.9. The minimum atomic E-state index is -1.13. The normalized spacial score (nSPS) is 16.7. The fourth-order valence-corrected chi connectivity index (χ4v) is 4.24. The minimum absolute atomic E-state index is 0.611. The van der Waals surface area contributed by atoms with Crippen LogP contribution in [-0.2, 0) is 20.7 Å². The molecule has 1 aliphatic rings. The second kappa shape index (κ2) is 6.93. The fourth-order valence-electron chi connectivity index (χ4n) is 4.07. The van der Waals surface area contributed by atoms with Gasteiger partial charge in [0.15, 0.2) is 0 Å². The average molecular weight is 378 g/mol. The number of hydrogen-bond donors (Lipinski definition) is 0. The summed E-state index contributed by atoms with van der Waals surface area (Å²) in [5.41, 5.74) is 2.85. The van der Waals surface area contributed by atoms with Crippen LogP contribution in [0.4, 0.5) is 5.69 Å². The second-order valence-electron chi connectivity index (χ2n) is 6.48. The molecular formula is C23H20ClNO2. The van der Waals surface area contributed by atoms with E-state index in [0.717, 1.165) is 22.4 Å². The summed E-state index contributed by atoms with van der Waals surface area (Å²) in [5, 5.41) is 0.611. The Balaban J connectivity index is 2.13. The number of ether oxygens (including phenoxy) is 2. The third kappa shape index (κ3) is 2.54. The van der Waals surface area contributed by atoms with Crippen LogP contribution in [0, 0.1) is 0 Å². The lowest BCUT2D eigenvalue weighted by Gasteiger charge is -2.49. The Bertz CT molecular complexity index is 927. The molecule has 3 aromatic rings. The van der Waals surface area contributed by atoms with Gasteiger partial charge < -0.3 is 9.47 Å². The van der Waals surface area contributed by atoms with Crippen LogP contribution in [0.2, 0.25) is 5.02 Å². The molecule has 0 aromatic heterocycles. The monoisotopic (exact) mass is 377 g/mol. The second-order valence-corrected chi connectivity index (χ2v) is 6.92. The van der Waals surface area contributed by atoms with Gasteiger partial charge in [0.25, 0.3) is 0 Å². The molecule has 0 atom stereocenters. The van der Waals surface area contributed by atoms with Gasteiger partial charge in [-0.15, -0.1) is 0 Å². The van der Waals surface area contributed by atoms with Crippen LogP contribution in [0.15, 0.2) is 83.9 Å². The molecule has 0 saturated carbocycles. The standard InChI is InChI=1S/C23H20ClNO2/c1-26-23(27-2)20-15-19(24)13-14-21(20)25-16-22(23,17-9-5-3-6-10-17)18-11-7-4-8-12-18/h3-16H,1-2H3. The molecule has 0 fully saturated rings. The molecule has 0 N–H and O–H groups in total. The van der Waals surface area contributed by atoms with Gasteiger partial charge in [-0.2, -0.15) is 0 Å². The Kier molecular flexibility index (Phi) is 4.60. The smallest absolute Gasteiger partial charge is 0.215 e. The van der Waals surface area contributed by atoms with Gasteiger partial charge in [0.2, 0.25) is 5.79 Å². The lowest BCUT2D eigenvalue weighted by Crippen LogP contribution is -2.55. The van der Waals surface area contributed by atoms with Crippen LogP contribution in [0.25, 0.3) is 0 Å². The van der Waals surface area contributed by atoms with E-state index in [0.29, 0.717) is 5.02 Å². The first-order valence-electron chi connectivity index (χ1n) is 8.74. The van der Waals surface area contributed by atoms with Gasteiger partial charge in [0.1, 0.15) is 5.41 Å². The highest BCUT2D eigenvalue weighted by Crippen LogP contribution is 2.54. The summed E-state index contributed by atoms with van der Waals surface area (Å²) in [5.74, 6) is -1.13. The lowest BCUT2D eigenvalue weighted by atomic mass is 9.65. The number of hydrogen-bond acceptors (Lipinski definition) is 3. The summed E-state index contributed by atoms with van der Waals surface area (Å²) in [6.45, 7) is 0. The lowest BCUT2D eigenvalue weighted by molar-refractivity contribution is -0.238. The zero-order chi connectivity index (χ0) is 18.9. The summed E-state index contributed by atoms with van der Waals surface area (Å²) >= 11 is 6.34. The van der Waals surface area contributed by atoms with Crippen molar-refractivity contribution in [1.82, 2.24) is 0 Å². The van der Waals surface area contributed by atoms with Crippen molar-refractivity contribution in [2.75, 3.05) is 14.2 Å². The SMILES string of the molecule is COC1(OC)c2cc(Cl)ccc2N=CC1(c1ccccc1)c1ccccc1. The first-order chi connectivity index (χ1) is 13.2. The molecule has 0 aliphatic carbocycles. The third-order valence-corrected chi connectivity index (χ3v) is 5.50. The highest BCUT2D eigenvalue weighted by molar-refractivity contribution is 6.30. The van der Waals surface area contributed by atoms with Crippen molar-refractivity contribution in [3.63, 3.8) is 0 Å². The highest BCUT2D eigenvalue weighted by Gasteiger charge is 2.58. The molecule has 0 spiro atoms. The van der Waals surface area contributed by atoms with Gasteiger partial charge in [-0.1, -0.05) is 72.3 Å². The van der Waals surface area contributed by atoms with Crippen molar-refractivity contribution in [2.45, 2.75) is 11.2 Å². The van der Waals surface area contributed by atoms with Crippen LogP contribution >= 0.6 is 11.6 Å². The van der Waals surface area contributed by atoms with Crippen LogP contribution in [0.1, 0.15) is 16.7 Å². The first-order valence-corrected chi connectivity index (χ1v) is 9.12. The summed E-state index contributed by atoms with van der Waals surface area (Å²) in [6.07, 6.45) is 1.93. The molecule has 0 radical (unpaired) electrons. The van der Waals surface area contributed by atoms with Crippen LogP contribution in [0.3, 0.4) is 0 Å². The average Bonchev–Trinajstić information content (AvgIpc) is 2.74. The molecule has 0 saturated heterocycles. The predicted octanol–water partition coefficient (Wildman–Crippen LogP) is 5.49. The van der Waals surface area contributed by atoms with Crippen molar-refractivity contribution in [3.8, 4) is 0 Å². The summed E-state index contributed by atoms with van der Waals surface area (Å²) in [6, 6.07) is 25.9. The Labute approximate surface area is 164 Å². The summed E-state index contributed by atoms with van der Waals surface area (Å²) in [7, 11) is 3.32. The number of nitrogens with zero attached hydrogens (tertiary/aromatic N) is 1. The number of fused-ring (bicyclic) bond motifs is 1. The zero-order valence-electron chi connectivity index (χ0n) is 15.2. The molecule has 136 valence electrons.